The Balaban J connectivity index is 2.08. The monoisotopic (exact) mass is 340 g/mol. The standard InChI is InChI=1S/C15H21BrN2O2/c1-9(17-3)13-8-11(16)4-7-14(13)20-10(2)15(19)18-12-5-6-12/h4,7-10,12,17H,5-6H2,1-3H3,(H,18,19). The lowest BCUT2D eigenvalue weighted by atomic mass is 10.1. The predicted octanol–water partition coefficient (Wildman–Crippen LogP) is 2.78. The van der Waals surface area contributed by atoms with Gasteiger partial charge in [-0.3, -0.25) is 4.79 Å². The van der Waals surface area contributed by atoms with Gasteiger partial charge in [0.05, 0.1) is 0 Å². The van der Waals surface area contributed by atoms with Gasteiger partial charge in [-0.25, -0.2) is 0 Å². The predicted molar refractivity (Wildman–Crippen MR) is 82.9 cm³/mol. The third kappa shape index (κ3) is 3.96. The molecule has 1 aliphatic rings. The van der Waals surface area contributed by atoms with E-state index in [0.29, 0.717) is 6.04 Å². The van der Waals surface area contributed by atoms with Gasteiger partial charge < -0.3 is 15.4 Å². The normalized spacial score (nSPS) is 17.4. The SMILES string of the molecule is CNC(C)c1cc(Br)ccc1OC(C)C(=O)NC1CC1. The number of carbonyl (C=O) groups excluding carboxylic acids is 1. The second kappa shape index (κ2) is 6.59. The Kier molecular flexibility index (Phi) is 5.05. The number of rotatable bonds is 6. The van der Waals surface area contributed by atoms with Crippen molar-refractivity contribution in [2.45, 2.75) is 44.9 Å². The molecule has 0 bridgehead atoms. The summed E-state index contributed by atoms with van der Waals surface area (Å²) in [6.07, 6.45) is 1.68. The van der Waals surface area contributed by atoms with Crippen LogP contribution in [-0.2, 0) is 4.79 Å². The van der Waals surface area contributed by atoms with Crippen LogP contribution in [0.5, 0.6) is 5.75 Å². The first-order chi connectivity index (χ1) is 9.51. The summed E-state index contributed by atoms with van der Waals surface area (Å²) in [6, 6.07) is 6.35. The summed E-state index contributed by atoms with van der Waals surface area (Å²) in [7, 11) is 1.90. The quantitative estimate of drug-likeness (QED) is 0.837. The fourth-order valence-electron chi connectivity index (χ4n) is 1.91. The average molecular weight is 341 g/mol. The highest BCUT2D eigenvalue weighted by Crippen LogP contribution is 2.29. The molecule has 0 aliphatic heterocycles. The van der Waals surface area contributed by atoms with Crippen LogP contribution in [0.2, 0.25) is 0 Å². The van der Waals surface area contributed by atoms with Crippen molar-refractivity contribution in [2.75, 3.05) is 7.05 Å². The largest absolute Gasteiger partial charge is 0.481 e. The maximum atomic E-state index is 12.0. The third-order valence-electron chi connectivity index (χ3n) is 3.47. The van der Waals surface area contributed by atoms with Gasteiger partial charge in [0.2, 0.25) is 0 Å². The molecule has 2 unspecified atom stereocenters. The molecule has 2 N–H and O–H groups in total. The summed E-state index contributed by atoms with van der Waals surface area (Å²) in [6.45, 7) is 3.84. The smallest absolute Gasteiger partial charge is 0.260 e. The zero-order valence-corrected chi connectivity index (χ0v) is 13.7. The maximum Gasteiger partial charge on any atom is 0.260 e. The zero-order valence-electron chi connectivity index (χ0n) is 12.1. The van der Waals surface area contributed by atoms with E-state index in [2.05, 4.69) is 33.5 Å². The molecule has 2 rings (SSSR count). The molecule has 4 nitrogen and oxygen atoms in total. The number of benzene rings is 1. The van der Waals surface area contributed by atoms with Gasteiger partial charge in [-0.15, -0.1) is 0 Å². The van der Waals surface area contributed by atoms with E-state index < -0.39 is 6.10 Å². The fourth-order valence-corrected chi connectivity index (χ4v) is 2.29. The average Bonchev–Trinajstić information content (AvgIpc) is 3.23. The molecular formula is C15H21BrN2O2. The van der Waals surface area contributed by atoms with Crippen LogP contribution < -0.4 is 15.4 Å². The van der Waals surface area contributed by atoms with Crippen LogP contribution in [0, 0.1) is 0 Å². The first kappa shape index (κ1) is 15.3. The molecular weight excluding hydrogens is 320 g/mol. The number of ether oxygens (including phenoxy) is 1. The summed E-state index contributed by atoms with van der Waals surface area (Å²) in [4.78, 5) is 12.0. The van der Waals surface area contributed by atoms with Crippen molar-refractivity contribution in [3.8, 4) is 5.75 Å². The first-order valence-corrected chi connectivity index (χ1v) is 7.74. The van der Waals surface area contributed by atoms with E-state index >= 15 is 0 Å². The van der Waals surface area contributed by atoms with Crippen LogP contribution in [0.4, 0.5) is 0 Å². The molecule has 0 spiro atoms. The van der Waals surface area contributed by atoms with E-state index in [1.807, 2.05) is 25.2 Å². The minimum atomic E-state index is -0.486. The zero-order chi connectivity index (χ0) is 14.7. The van der Waals surface area contributed by atoms with Crippen LogP contribution in [0.15, 0.2) is 22.7 Å². The Hall–Kier alpha value is -1.07. The third-order valence-corrected chi connectivity index (χ3v) is 3.96. The Morgan fingerprint density at radius 3 is 2.70 bits per heavy atom. The van der Waals surface area contributed by atoms with Crippen molar-refractivity contribution >= 4 is 21.8 Å². The minimum Gasteiger partial charge on any atom is -0.481 e. The maximum absolute atomic E-state index is 12.0. The highest BCUT2D eigenvalue weighted by atomic mass is 79.9. The highest BCUT2D eigenvalue weighted by Gasteiger charge is 2.26. The van der Waals surface area contributed by atoms with Crippen LogP contribution in [0.25, 0.3) is 0 Å². The van der Waals surface area contributed by atoms with Crippen molar-refractivity contribution in [2.24, 2.45) is 0 Å². The second-order valence-corrected chi connectivity index (χ2v) is 6.15. The van der Waals surface area contributed by atoms with E-state index in [-0.39, 0.29) is 11.9 Å². The minimum absolute atomic E-state index is 0.0431. The number of hydrogen-bond donors (Lipinski definition) is 2. The number of hydrogen-bond acceptors (Lipinski definition) is 3. The molecule has 20 heavy (non-hydrogen) atoms. The van der Waals surface area contributed by atoms with Gasteiger partial charge in [0, 0.05) is 22.1 Å². The van der Waals surface area contributed by atoms with Crippen molar-refractivity contribution < 1.29 is 9.53 Å². The van der Waals surface area contributed by atoms with E-state index in [1.165, 1.54) is 0 Å². The van der Waals surface area contributed by atoms with Crippen LogP contribution in [0.1, 0.15) is 38.3 Å². The van der Waals surface area contributed by atoms with Crippen LogP contribution in [-0.4, -0.2) is 25.1 Å². The molecule has 110 valence electrons. The molecule has 5 heteroatoms. The Bertz CT molecular complexity index is 489. The van der Waals surface area contributed by atoms with Gasteiger partial charge in [-0.1, -0.05) is 15.9 Å². The number of nitrogens with one attached hydrogen (secondary N) is 2. The van der Waals surface area contributed by atoms with Gasteiger partial charge in [0.15, 0.2) is 6.10 Å². The fraction of sp³-hybridized carbons (Fsp3) is 0.533. The highest BCUT2D eigenvalue weighted by molar-refractivity contribution is 9.10. The molecule has 0 saturated heterocycles. The van der Waals surface area contributed by atoms with Crippen molar-refractivity contribution in [3.05, 3.63) is 28.2 Å². The van der Waals surface area contributed by atoms with Gasteiger partial charge in [-0.05, 0) is 51.9 Å². The summed E-state index contributed by atoms with van der Waals surface area (Å²) in [5.41, 5.74) is 1.04. The van der Waals surface area contributed by atoms with E-state index in [1.54, 1.807) is 6.92 Å². The topological polar surface area (TPSA) is 50.4 Å². The van der Waals surface area contributed by atoms with Gasteiger partial charge in [0.25, 0.3) is 5.91 Å². The molecule has 1 saturated carbocycles. The lowest BCUT2D eigenvalue weighted by Gasteiger charge is -2.20. The number of carbonyl (C=O) groups is 1. The Labute approximate surface area is 128 Å². The number of amides is 1. The summed E-state index contributed by atoms with van der Waals surface area (Å²) in [5.74, 6) is 0.701. The molecule has 1 aromatic rings. The molecule has 0 radical (unpaired) electrons. The van der Waals surface area contributed by atoms with Gasteiger partial charge >= 0.3 is 0 Å². The van der Waals surface area contributed by atoms with E-state index in [0.717, 1.165) is 28.6 Å². The molecule has 1 fully saturated rings. The molecule has 1 aromatic carbocycles. The molecule has 1 aliphatic carbocycles. The summed E-state index contributed by atoms with van der Waals surface area (Å²) < 4.78 is 6.84. The van der Waals surface area contributed by atoms with Gasteiger partial charge in [0.1, 0.15) is 5.75 Å². The molecule has 2 atom stereocenters. The molecule has 0 aromatic heterocycles. The Morgan fingerprint density at radius 2 is 2.10 bits per heavy atom. The number of halogens is 1. The van der Waals surface area contributed by atoms with Crippen LogP contribution in [0.3, 0.4) is 0 Å². The Morgan fingerprint density at radius 1 is 1.40 bits per heavy atom. The lowest BCUT2D eigenvalue weighted by Crippen LogP contribution is -2.37. The molecule has 1 amide bonds. The second-order valence-electron chi connectivity index (χ2n) is 5.24. The summed E-state index contributed by atoms with van der Waals surface area (Å²) >= 11 is 3.47. The van der Waals surface area contributed by atoms with Gasteiger partial charge in [-0.2, -0.15) is 0 Å². The molecule has 0 heterocycles. The van der Waals surface area contributed by atoms with Crippen molar-refractivity contribution in [1.29, 1.82) is 0 Å². The summed E-state index contributed by atoms with van der Waals surface area (Å²) in [5, 5.41) is 6.15. The van der Waals surface area contributed by atoms with Crippen LogP contribution >= 0.6 is 15.9 Å². The lowest BCUT2D eigenvalue weighted by molar-refractivity contribution is -0.127. The van der Waals surface area contributed by atoms with Crippen molar-refractivity contribution in [1.82, 2.24) is 10.6 Å². The van der Waals surface area contributed by atoms with E-state index in [4.69, 9.17) is 4.74 Å². The van der Waals surface area contributed by atoms with E-state index in [9.17, 15) is 4.79 Å². The first-order valence-electron chi connectivity index (χ1n) is 6.95. The van der Waals surface area contributed by atoms with Crippen molar-refractivity contribution in [3.63, 3.8) is 0 Å².